The Labute approximate surface area is 92.0 Å². The standard InChI is InChI=1S/C10H23N5/c1-3-4-5-6-7-8-14-10(13-2)15-9(11)12/h3-8H2,1-2H3,(H5,11,12,13,14,15). The van der Waals surface area contributed by atoms with Crippen molar-refractivity contribution in [2.24, 2.45) is 21.5 Å². The lowest BCUT2D eigenvalue weighted by molar-refractivity contribution is 0.623. The molecule has 0 unspecified atom stereocenters. The Bertz CT molecular complexity index is 206. The zero-order valence-electron chi connectivity index (χ0n) is 9.79. The summed E-state index contributed by atoms with van der Waals surface area (Å²) >= 11 is 0. The van der Waals surface area contributed by atoms with E-state index in [1.54, 1.807) is 7.05 Å². The summed E-state index contributed by atoms with van der Waals surface area (Å²) in [4.78, 5) is 7.76. The molecule has 0 saturated heterocycles. The van der Waals surface area contributed by atoms with E-state index in [9.17, 15) is 0 Å². The summed E-state index contributed by atoms with van der Waals surface area (Å²) in [7, 11) is 1.66. The van der Waals surface area contributed by atoms with E-state index >= 15 is 0 Å². The van der Waals surface area contributed by atoms with Crippen LogP contribution in [-0.2, 0) is 0 Å². The second-order valence-electron chi connectivity index (χ2n) is 3.42. The molecule has 0 atom stereocenters. The van der Waals surface area contributed by atoms with Crippen LogP contribution in [0.1, 0.15) is 39.0 Å². The fourth-order valence-corrected chi connectivity index (χ4v) is 1.22. The molecule has 0 amide bonds. The van der Waals surface area contributed by atoms with Crippen LogP contribution in [-0.4, -0.2) is 25.5 Å². The van der Waals surface area contributed by atoms with Crippen LogP contribution in [0, 0.1) is 0 Å². The number of rotatable bonds is 6. The summed E-state index contributed by atoms with van der Waals surface area (Å²) in [5.41, 5.74) is 10.5. The maximum Gasteiger partial charge on any atom is 0.220 e. The molecule has 0 saturated carbocycles. The van der Waals surface area contributed by atoms with Crippen molar-refractivity contribution >= 4 is 11.9 Å². The third kappa shape index (κ3) is 9.05. The van der Waals surface area contributed by atoms with E-state index in [0.29, 0.717) is 5.96 Å². The lowest BCUT2D eigenvalue weighted by atomic mass is 10.1. The maximum absolute atomic E-state index is 5.25. The molecule has 0 aliphatic carbocycles. The van der Waals surface area contributed by atoms with Crippen molar-refractivity contribution in [1.82, 2.24) is 5.32 Å². The van der Waals surface area contributed by atoms with Gasteiger partial charge in [0.1, 0.15) is 0 Å². The van der Waals surface area contributed by atoms with Gasteiger partial charge in [-0.15, -0.1) is 0 Å². The molecule has 15 heavy (non-hydrogen) atoms. The van der Waals surface area contributed by atoms with Crippen molar-refractivity contribution < 1.29 is 0 Å². The van der Waals surface area contributed by atoms with Gasteiger partial charge in [-0.1, -0.05) is 32.6 Å². The fourth-order valence-electron chi connectivity index (χ4n) is 1.22. The number of nitrogens with two attached hydrogens (primary N) is 2. The fraction of sp³-hybridized carbons (Fsp3) is 0.800. The van der Waals surface area contributed by atoms with Gasteiger partial charge in [-0.3, -0.25) is 4.99 Å². The predicted molar refractivity (Wildman–Crippen MR) is 65.9 cm³/mol. The lowest BCUT2D eigenvalue weighted by Crippen LogP contribution is -2.30. The van der Waals surface area contributed by atoms with Crippen molar-refractivity contribution in [2.45, 2.75) is 39.0 Å². The number of aliphatic imine (C=N–C) groups is 2. The third-order valence-corrected chi connectivity index (χ3v) is 2.01. The van der Waals surface area contributed by atoms with Crippen molar-refractivity contribution in [1.29, 1.82) is 0 Å². The summed E-state index contributed by atoms with van der Waals surface area (Å²) in [6.07, 6.45) is 6.23. The maximum atomic E-state index is 5.25. The Morgan fingerprint density at radius 2 is 1.80 bits per heavy atom. The monoisotopic (exact) mass is 213 g/mol. The summed E-state index contributed by atoms with van der Waals surface area (Å²) in [6, 6.07) is 0. The van der Waals surface area contributed by atoms with Crippen LogP contribution in [0.5, 0.6) is 0 Å². The minimum atomic E-state index is 0.0362. The smallest absolute Gasteiger partial charge is 0.220 e. The third-order valence-electron chi connectivity index (χ3n) is 2.01. The Morgan fingerprint density at radius 3 is 2.33 bits per heavy atom. The second-order valence-corrected chi connectivity index (χ2v) is 3.42. The number of hydrogen-bond donors (Lipinski definition) is 3. The van der Waals surface area contributed by atoms with Crippen LogP contribution in [0.15, 0.2) is 9.98 Å². The Balaban J connectivity index is 3.53. The molecule has 0 aliphatic heterocycles. The summed E-state index contributed by atoms with van der Waals surface area (Å²) in [6.45, 7) is 3.08. The van der Waals surface area contributed by atoms with Gasteiger partial charge in [0.15, 0.2) is 5.96 Å². The van der Waals surface area contributed by atoms with E-state index < -0.39 is 0 Å². The molecule has 0 aliphatic rings. The highest BCUT2D eigenvalue weighted by Gasteiger charge is 1.94. The van der Waals surface area contributed by atoms with Crippen LogP contribution in [0.25, 0.3) is 0 Å². The molecule has 0 spiro atoms. The van der Waals surface area contributed by atoms with Crippen molar-refractivity contribution in [3.8, 4) is 0 Å². The first kappa shape index (κ1) is 13.7. The molecule has 0 aromatic rings. The first-order chi connectivity index (χ1) is 7.20. The molecule has 5 N–H and O–H groups in total. The van der Waals surface area contributed by atoms with Gasteiger partial charge in [0, 0.05) is 13.6 Å². The van der Waals surface area contributed by atoms with Crippen LogP contribution in [0.2, 0.25) is 0 Å². The number of nitrogens with one attached hydrogen (secondary N) is 1. The van der Waals surface area contributed by atoms with Gasteiger partial charge in [0.2, 0.25) is 5.96 Å². The average Bonchev–Trinajstić information content (AvgIpc) is 2.20. The molecular formula is C10H23N5. The molecule has 88 valence electrons. The van der Waals surface area contributed by atoms with Crippen LogP contribution in [0.3, 0.4) is 0 Å². The number of guanidine groups is 2. The molecule has 0 aromatic heterocycles. The van der Waals surface area contributed by atoms with Gasteiger partial charge in [0.05, 0.1) is 0 Å². The van der Waals surface area contributed by atoms with Crippen LogP contribution < -0.4 is 16.8 Å². The molecule has 0 aromatic carbocycles. The van der Waals surface area contributed by atoms with Gasteiger partial charge >= 0.3 is 0 Å². The Morgan fingerprint density at radius 1 is 1.13 bits per heavy atom. The number of nitrogens with zero attached hydrogens (tertiary/aromatic N) is 2. The molecule has 5 heteroatoms. The highest BCUT2D eigenvalue weighted by atomic mass is 15.2. The Hall–Kier alpha value is -1.26. The van der Waals surface area contributed by atoms with Crippen LogP contribution in [0.4, 0.5) is 0 Å². The normalized spacial score (nSPS) is 11.2. The van der Waals surface area contributed by atoms with Crippen LogP contribution >= 0.6 is 0 Å². The lowest BCUT2D eigenvalue weighted by Gasteiger charge is -2.04. The predicted octanol–water partition coefficient (Wildman–Crippen LogP) is 0.806. The summed E-state index contributed by atoms with van der Waals surface area (Å²) in [5, 5.41) is 3.08. The highest BCUT2D eigenvalue weighted by molar-refractivity contribution is 5.93. The van der Waals surface area contributed by atoms with Gasteiger partial charge in [0.25, 0.3) is 0 Å². The van der Waals surface area contributed by atoms with Crippen molar-refractivity contribution in [3.05, 3.63) is 0 Å². The molecule has 0 radical (unpaired) electrons. The largest absolute Gasteiger partial charge is 0.370 e. The SMILES string of the molecule is CCCCCCCNC(N=C(N)N)=NC. The molecule has 0 heterocycles. The Kier molecular flexibility index (Phi) is 8.52. The van der Waals surface area contributed by atoms with Crippen molar-refractivity contribution in [2.75, 3.05) is 13.6 Å². The molecule has 0 rings (SSSR count). The zero-order valence-corrected chi connectivity index (χ0v) is 9.79. The number of hydrogen-bond acceptors (Lipinski definition) is 1. The van der Waals surface area contributed by atoms with Gasteiger partial charge in [-0.05, 0) is 6.42 Å². The number of unbranched alkanes of at least 4 members (excludes halogenated alkanes) is 4. The molecular weight excluding hydrogens is 190 g/mol. The molecule has 5 nitrogen and oxygen atoms in total. The van der Waals surface area contributed by atoms with E-state index in [1.165, 1.54) is 25.7 Å². The summed E-state index contributed by atoms with van der Waals surface area (Å²) < 4.78 is 0. The van der Waals surface area contributed by atoms with E-state index in [-0.39, 0.29) is 5.96 Å². The van der Waals surface area contributed by atoms with E-state index in [4.69, 9.17) is 11.5 Å². The highest BCUT2D eigenvalue weighted by Crippen LogP contribution is 2.00. The van der Waals surface area contributed by atoms with Gasteiger partial charge in [-0.2, -0.15) is 4.99 Å². The first-order valence-corrected chi connectivity index (χ1v) is 5.51. The zero-order chi connectivity index (χ0) is 11.5. The minimum absolute atomic E-state index is 0.0362. The molecule has 0 bridgehead atoms. The average molecular weight is 213 g/mol. The van der Waals surface area contributed by atoms with E-state index in [1.807, 2.05) is 0 Å². The topological polar surface area (TPSA) is 88.8 Å². The first-order valence-electron chi connectivity index (χ1n) is 5.51. The summed E-state index contributed by atoms with van der Waals surface area (Å²) in [5.74, 6) is 0.541. The van der Waals surface area contributed by atoms with Gasteiger partial charge in [-0.25, -0.2) is 0 Å². The molecule has 0 fully saturated rings. The van der Waals surface area contributed by atoms with Gasteiger partial charge < -0.3 is 16.8 Å². The quantitative estimate of drug-likeness (QED) is 0.346. The van der Waals surface area contributed by atoms with Crippen molar-refractivity contribution in [3.63, 3.8) is 0 Å². The van der Waals surface area contributed by atoms with E-state index in [2.05, 4.69) is 22.2 Å². The van der Waals surface area contributed by atoms with E-state index in [0.717, 1.165) is 13.0 Å². The minimum Gasteiger partial charge on any atom is -0.370 e. The second kappa shape index (κ2) is 9.30.